The highest BCUT2D eigenvalue weighted by molar-refractivity contribution is 7.92. The predicted molar refractivity (Wildman–Crippen MR) is 162 cm³/mol. The van der Waals surface area contributed by atoms with Crippen molar-refractivity contribution in [2.75, 3.05) is 17.4 Å². The minimum absolute atomic E-state index is 0.133. The Hall–Kier alpha value is -2.99. The lowest BCUT2D eigenvalue weighted by atomic mass is 10.1. The average molecular weight is 679 g/mol. The third-order valence-corrected chi connectivity index (χ3v) is 9.30. The molecule has 0 fully saturated rings. The molecule has 0 saturated carbocycles. The van der Waals surface area contributed by atoms with E-state index in [-0.39, 0.29) is 27.9 Å². The van der Waals surface area contributed by atoms with Crippen molar-refractivity contribution < 1.29 is 31.2 Å². The number of sulfonamides is 1. The molecule has 0 aliphatic carbocycles. The maximum Gasteiger partial charge on any atom is 0.417 e. The van der Waals surface area contributed by atoms with Gasteiger partial charge in [0.2, 0.25) is 11.8 Å². The van der Waals surface area contributed by atoms with Gasteiger partial charge in [0.25, 0.3) is 10.0 Å². The van der Waals surface area contributed by atoms with Gasteiger partial charge in [-0.3, -0.25) is 13.9 Å². The number of hydrogen-bond donors (Lipinski definition) is 1. The maximum absolute atomic E-state index is 14.1. The molecule has 232 valence electrons. The van der Waals surface area contributed by atoms with E-state index >= 15 is 0 Å². The summed E-state index contributed by atoms with van der Waals surface area (Å²) in [5, 5.41) is 2.50. The van der Waals surface area contributed by atoms with Gasteiger partial charge in [-0.05, 0) is 55.3 Å². The number of anilines is 1. The summed E-state index contributed by atoms with van der Waals surface area (Å²) in [6.45, 7) is 2.61. The fraction of sp³-hybridized carbons (Fsp3) is 0.310. The maximum atomic E-state index is 14.1. The highest BCUT2D eigenvalue weighted by atomic mass is 35.5. The van der Waals surface area contributed by atoms with E-state index in [0.29, 0.717) is 28.9 Å². The summed E-state index contributed by atoms with van der Waals surface area (Å²) in [6.07, 6.45) is -4.15. The van der Waals surface area contributed by atoms with Crippen molar-refractivity contribution in [3.8, 4) is 0 Å². The molecule has 0 aliphatic rings. The molecule has 0 spiro atoms. The predicted octanol–water partition coefficient (Wildman–Crippen LogP) is 7.19. The SMILES string of the molecule is CCCNC(=O)[C@@H](CC)N(Cc1c(Cl)cccc1Cl)C(=O)CN(c1ccc(Cl)c(C(F)(F)F)c1)S(=O)(=O)c1ccccc1. The van der Waals surface area contributed by atoms with Gasteiger partial charge in [0.1, 0.15) is 12.6 Å². The van der Waals surface area contributed by atoms with Crippen LogP contribution in [0.2, 0.25) is 15.1 Å². The second-order valence-electron chi connectivity index (χ2n) is 9.42. The van der Waals surface area contributed by atoms with E-state index in [4.69, 9.17) is 34.8 Å². The Morgan fingerprint density at radius 3 is 2.09 bits per heavy atom. The lowest BCUT2D eigenvalue weighted by molar-refractivity contribution is -0.140. The lowest BCUT2D eigenvalue weighted by Gasteiger charge is -2.33. The highest BCUT2D eigenvalue weighted by Gasteiger charge is 2.37. The third-order valence-electron chi connectivity index (χ3n) is 6.48. The standard InChI is InChI=1S/C29H29Cl3F3N3O4S/c1-3-15-36-28(40)26(4-2)37(17-21-23(30)11-8-12-24(21)31)27(39)18-38(43(41,42)20-9-6-5-7-10-20)19-13-14-25(32)22(16-19)29(33,34)35/h5-14,16,26H,3-4,15,17-18H2,1-2H3,(H,36,40)/t26-/m1/s1. The molecule has 0 saturated heterocycles. The van der Waals surface area contributed by atoms with Crippen LogP contribution in [0.3, 0.4) is 0 Å². The third kappa shape index (κ3) is 8.35. The van der Waals surface area contributed by atoms with E-state index < -0.39 is 56.9 Å². The number of alkyl halides is 3. The largest absolute Gasteiger partial charge is 0.417 e. The summed E-state index contributed by atoms with van der Waals surface area (Å²) >= 11 is 18.5. The van der Waals surface area contributed by atoms with Crippen molar-refractivity contribution in [1.82, 2.24) is 10.2 Å². The first-order chi connectivity index (χ1) is 20.2. The molecule has 7 nitrogen and oxygen atoms in total. The highest BCUT2D eigenvalue weighted by Crippen LogP contribution is 2.38. The van der Waals surface area contributed by atoms with Crippen LogP contribution in [0.1, 0.15) is 37.8 Å². The van der Waals surface area contributed by atoms with Crippen molar-refractivity contribution >= 4 is 62.3 Å². The Morgan fingerprint density at radius 1 is 0.907 bits per heavy atom. The molecular weight excluding hydrogens is 650 g/mol. The summed E-state index contributed by atoms with van der Waals surface area (Å²) in [5.74, 6) is -1.37. The summed E-state index contributed by atoms with van der Waals surface area (Å²) in [6, 6.07) is 13.1. The van der Waals surface area contributed by atoms with Crippen molar-refractivity contribution in [2.45, 2.75) is 50.3 Å². The zero-order chi connectivity index (χ0) is 31.9. The Kier molecular flexibility index (Phi) is 11.8. The summed E-state index contributed by atoms with van der Waals surface area (Å²) in [7, 11) is -4.59. The zero-order valence-electron chi connectivity index (χ0n) is 23.2. The van der Waals surface area contributed by atoms with E-state index in [9.17, 15) is 31.2 Å². The van der Waals surface area contributed by atoms with Crippen LogP contribution in [0.15, 0.2) is 71.6 Å². The second kappa shape index (κ2) is 14.7. The molecular formula is C29H29Cl3F3N3O4S. The molecule has 0 bridgehead atoms. The average Bonchev–Trinajstić information content (AvgIpc) is 2.96. The number of amides is 2. The molecule has 1 atom stereocenters. The Morgan fingerprint density at radius 2 is 1.53 bits per heavy atom. The van der Waals surface area contributed by atoms with Gasteiger partial charge in [0.15, 0.2) is 0 Å². The molecule has 43 heavy (non-hydrogen) atoms. The fourth-order valence-electron chi connectivity index (χ4n) is 4.27. The minimum atomic E-state index is -4.91. The van der Waals surface area contributed by atoms with Crippen molar-refractivity contribution in [2.24, 2.45) is 0 Å². The van der Waals surface area contributed by atoms with Crippen LogP contribution in [0.5, 0.6) is 0 Å². The van der Waals surface area contributed by atoms with Crippen LogP contribution in [0.4, 0.5) is 18.9 Å². The van der Waals surface area contributed by atoms with Gasteiger partial charge >= 0.3 is 6.18 Å². The molecule has 0 radical (unpaired) electrons. The first-order valence-corrected chi connectivity index (χ1v) is 15.7. The molecule has 0 unspecified atom stereocenters. The van der Waals surface area contributed by atoms with Gasteiger partial charge in [-0.15, -0.1) is 0 Å². The molecule has 1 N–H and O–H groups in total. The van der Waals surface area contributed by atoms with Gasteiger partial charge in [-0.2, -0.15) is 13.2 Å². The molecule has 14 heteroatoms. The Labute approximate surface area is 263 Å². The van der Waals surface area contributed by atoms with Gasteiger partial charge in [-0.25, -0.2) is 8.42 Å². The Balaban J connectivity index is 2.17. The molecule has 0 aromatic heterocycles. The van der Waals surface area contributed by atoms with Crippen molar-refractivity contribution in [3.05, 3.63) is 92.9 Å². The zero-order valence-corrected chi connectivity index (χ0v) is 26.3. The van der Waals surface area contributed by atoms with Crippen LogP contribution in [-0.4, -0.2) is 44.3 Å². The van der Waals surface area contributed by atoms with Crippen LogP contribution >= 0.6 is 34.8 Å². The van der Waals surface area contributed by atoms with Crippen LogP contribution < -0.4 is 9.62 Å². The van der Waals surface area contributed by atoms with Crippen LogP contribution in [0.25, 0.3) is 0 Å². The number of nitrogens with one attached hydrogen (secondary N) is 1. The van der Waals surface area contributed by atoms with Gasteiger partial charge in [0.05, 0.1) is 21.2 Å². The topological polar surface area (TPSA) is 86.8 Å². The number of carbonyl (C=O) groups excluding carboxylic acids is 2. The number of nitrogens with zero attached hydrogens (tertiary/aromatic N) is 2. The van der Waals surface area contributed by atoms with Crippen LogP contribution in [-0.2, 0) is 32.3 Å². The molecule has 3 rings (SSSR count). The number of benzene rings is 3. The first-order valence-electron chi connectivity index (χ1n) is 13.2. The van der Waals surface area contributed by atoms with E-state index in [0.717, 1.165) is 17.0 Å². The summed E-state index contributed by atoms with van der Waals surface area (Å²) in [5.41, 5.74) is -1.42. The van der Waals surface area contributed by atoms with E-state index in [2.05, 4.69) is 5.32 Å². The van der Waals surface area contributed by atoms with Crippen molar-refractivity contribution in [1.29, 1.82) is 0 Å². The van der Waals surface area contributed by atoms with Crippen molar-refractivity contribution in [3.63, 3.8) is 0 Å². The number of hydrogen-bond acceptors (Lipinski definition) is 4. The monoisotopic (exact) mass is 677 g/mol. The first kappa shape index (κ1) is 34.5. The number of rotatable bonds is 12. The number of carbonyl (C=O) groups is 2. The van der Waals surface area contributed by atoms with Gasteiger partial charge < -0.3 is 10.2 Å². The molecule has 3 aromatic rings. The molecule has 2 amide bonds. The van der Waals surface area contributed by atoms with E-state index in [1.54, 1.807) is 31.2 Å². The van der Waals surface area contributed by atoms with E-state index in [1.165, 1.54) is 24.3 Å². The number of halogens is 6. The molecule has 0 aliphatic heterocycles. The fourth-order valence-corrected chi connectivity index (χ4v) is 6.44. The molecule has 0 heterocycles. The summed E-state index contributed by atoms with van der Waals surface area (Å²) in [4.78, 5) is 28.1. The van der Waals surface area contributed by atoms with Gasteiger partial charge in [0, 0.05) is 28.7 Å². The Bertz CT molecular complexity index is 1540. The normalized spacial score (nSPS) is 12.5. The van der Waals surface area contributed by atoms with E-state index in [1.807, 2.05) is 6.92 Å². The smallest absolute Gasteiger partial charge is 0.354 e. The quantitative estimate of drug-likeness (QED) is 0.220. The second-order valence-corrected chi connectivity index (χ2v) is 12.5. The van der Waals surface area contributed by atoms with Crippen LogP contribution in [0, 0.1) is 0 Å². The minimum Gasteiger partial charge on any atom is -0.354 e. The summed E-state index contributed by atoms with van der Waals surface area (Å²) < 4.78 is 69.5. The molecule has 3 aromatic carbocycles. The lowest BCUT2D eigenvalue weighted by Crippen LogP contribution is -2.52. The van der Waals surface area contributed by atoms with Gasteiger partial charge in [-0.1, -0.05) is 72.9 Å².